The minimum absolute atomic E-state index is 0.0947. The van der Waals surface area contributed by atoms with E-state index in [1.165, 1.54) is 6.92 Å². The first kappa shape index (κ1) is 12.1. The van der Waals surface area contributed by atoms with Gasteiger partial charge in [-0.15, -0.1) is 0 Å². The third kappa shape index (κ3) is 3.32. The first-order valence-electron chi connectivity index (χ1n) is 5.76. The van der Waals surface area contributed by atoms with E-state index in [9.17, 15) is 4.79 Å². The molecule has 0 atom stereocenters. The summed E-state index contributed by atoms with van der Waals surface area (Å²) >= 11 is 0. The normalized spacial score (nSPS) is 11.1. The summed E-state index contributed by atoms with van der Waals surface area (Å²) in [6.07, 6.45) is 1.75. The highest BCUT2D eigenvalue weighted by atomic mass is 16.5. The Morgan fingerprint density at radius 1 is 0.944 bits per heavy atom. The van der Waals surface area contributed by atoms with Crippen LogP contribution in [0.5, 0.6) is 5.75 Å². The molecule has 2 heteroatoms. The predicted molar refractivity (Wildman–Crippen MR) is 72.2 cm³/mol. The third-order valence-corrected chi connectivity index (χ3v) is 2.42. The number of carbonyl (C=O) groups excluding carboxylic acids is 1. The highest BCUT2D eigenvalue weighted by Gasteiger charge is 2.06. The van der Waals surface area contributed by atoms with Gasteiger partial charge in [0.1, 0.15) is 5.75 Å². The van der Waals surface area contributed by atoms with Crippen molar-refractivity contribution in [3.05, 3.63) is 72.0 Å². The molecule has 0 aliphatic carbocycles. The summed E-state index contributed by atoms with van der Waals surface area (Å²) in [5.41, 5.74) is 0.943. The Bertz CT molecular complexity index is 542. The van der Waals surface area contributed by atoms with E-state index in [0.717, 1.165) is 5.56 Å². The number of Topliss-reactive ketones (excluding diaryl/α,β-unsaturated/α-hetero) is 1. The van der Waals surface area contributed by atoms with E-state index in [0.29, 0.717) is 11.5 Å². The van der Waals surface area contributed by atoms with Gasteiger partial charge in [0.2, 0.25) is 0 Å². The van der Waals surface area contributed by atoms with Gasteiger partial charge in [-0.2, -0.15) is 0 Å². The Hall–Kier alpha value is -2.35. The lowest BCUT2D eigenvalue weighted by Crippen LogP contribution is -2.04. The predicted octanol–water partition coefficient (Wildman–Crippen LogP) is 3.70. The van der Waals surface area contributed by atoms with E-state index in [2.05, 4.69) is 0 Å². The highest BCUT2D eigenvalue weighted by Crippen LogP contribution is 2.15. The van der Waals surface area contributed by atoms with E-state index in [4.69, 9.17) is 4.74 Å². The smallest absolute Gasteiger partial charge is 0.194 e. The second-order valence-electron chi connectivity index (χ2n) is 3.89. The highest BCUT2D eigenvalue weighted by molar-refractivity contribution is 5.96. The van der Waals surface area contributed by atoms with E-state index < -0.39 is 0 Å². The summed E-state index contributed by atoms with van der Waals surface area (Å²) in [7, 11) is 0. The number of ether oxygens (including phenoxy) is 1. The van der Waals surface area contributed by atoms with Gasteiger partial charge >= 0.3 is 0 Å². The van der Waals surface area contributed by atoms with Crippen LogP contribution in [-0.2, 0) is 4.79 Å². The molecule has 0 bridgehead atoms. The second kappa shape index (κ2) is 5.82. The van der Waals surface area contributed by atoms with E-state index in [-0.39, 0.29) is 5.78 Å². The lowest BCUT2D eigenvalue weighted by Gasteiger charge is -2.07. The molecule has 0 aromatic heterocycles. The molecular weight excluding hydrogens is 224 g/mol. The van der Waals surface area contributed by atoms with Gasteiger partial charge in [-0.1, -0.05) is 48.5 Å². The van der Waals surface area contributed by atoms with Crippen molar-refractivity contribution in [3.63, 3.8) is 0 Å². The molecule has 18 heavy (non-hydrogen) atoms. The summed E-state index contributed by atoms with van der Waals surface area (Å²) in [5.74, 6) is 0.907. The van der Waals surface area contributed by atoms with Crippen LogP contribution in [0.3, 0.4) is 0 Å². The number of hydrogen-bond acceptors (Lipinski definition) is 2. The lowest BCUT2D eigenvalue weighted by atomic mass is 10.2. The van der Waals surface area contributed by atoms with Crippen LogP contribution in [0.1, 0.15) is 12.5 Å². The summed E-state index contributed by atoms with van der Waals surface area (Å²) < 4.78 is 5.59. The van der Waals surface area contributed by atoms with Gasteiger partial charge in [0, 0.05) is 6.92 Å². The largest absolute Gasteiger partial charge is 0.454 e. The quantitative estimate of drug-likeness (QED) is 0.599. The molecule has 2 rings (SSSR count). The van der Waals surface area contributed by atoms with Crippen molar-refractivity contribution >= 4 is 11.9 Å². The minimum Gasteiger partial charge on any atom is -0.454 e. The maximum Gasteiger partial charge on any atom is 0.194 e. The van der Waals surface area contributed by atoms with Crippen LogP contribution in [0.4, 0.5) is 0 Å². The van der Waals surface area contributed by atoms with Gasteiger partial charge in [0.05, 0.1) is 0 Å². The standard InChI is InChI=1S/C16H14O2/c1-13(17)16(12-14-8-4-2-5-9-14)18-15-10-6-3-7-11-15/h2-12H,1H3. The molecule has 0 radical (unpaired) electrons. The number of ketones is 1. The lowest BCUT2D eigenvalue weighted by molar-refractivity contribution is -0.115. The van der Waals surface area contributed by atoms with Crippen LogP contribution < -0.4 is 4.74 Å². The van der Waals surface area contributed by atoms with E-state index >= 15 is 0 Å². The molecule has 2 aromatic rings. The second-order valence-corrected chi connectivity index (χ2v) is 3.89. The van der Waals surface area contributed by atoms with Crippen molar-refractivity contribution in [2.45, 2.75) is 6.92 Å². The Labute approximate surface area is 107 Å². The molecule has 0 aliphatic heterocycles. The summed E-state index contributed by atoms with van der Waals surface area (Å²) in [4.78, 5) is 11.6. The zero-order chi connectivity index (χ0) is 12.8. The van der Waals surface area contributed by atoms with Crippen LogP contribution >= 0.6 is 0 Å². The summed E-state index contributed by atoms with van der Waals surface area (Å²) in [6, 6.07) is 18.9. The molecule has 0 unspecified atom stereocenters. The average molecular weight is 238 g/mol. The molecule has 0 N–H and O–H groups in total. The zero-order valence-electron chi connectivity index (χ0n) is 10.2. The van der Waals surface area contributed by atoms with Crippen molar-refractivity contribution in [1.29, 1.82) is 0 Å². The number of hydrogen-bond donors (Lipinski definition) is 0. The third-order valence-electron chi connectivity index (χ3n) is 2.42. The molecule has 0 saturated carbocycles. The summed E-state index contributed by atoms with van der Waals surface area (Å²) in [5, 5.41) is 0. The fraction of sp³-hybridized carbons (Fsp3) is 0.0625. The van der Waals surface area contributed by atoms with Crippen molar-refractivity contribution in [3.8, 4) is 5.75 Å². The van der Waals surface area contributed by atoms with Crippen molar-refractivity contribution in [2.75, 3.05) is 0 Å². The minimum atomic E-state index is -0.0947. The van der Waals surface area contributed by atoms with Gasteiger partial charge in [-0.3, -0.25) is 4.79 Å². The number of carbonyl (C=O) groups is 1. The number of allylic oxidation sites excluding steroid dienone is 1. The first-order valence-corrected chi connectivity index (χ1v) is 5.76. The van der Waals surface area contributed by atoms with Crippen molar-refractivity contribution < 1.29 is 9.53 Å². The van der Waals surface area contributed by atoms with Crippen molar-refractivity contribution in [2.24, 2.45) is 0 Å². The molecule has 0 spiro atoms. The van der Waals surface area contributed by atoms with Crippen LogP contribution in [-0.4, -0.2) is 5.78 Å². The van der Waals surface area contributed by atoms with Gasteiger partial charge in [0.15, 0.2) is 11.5 Å². The Balaban J connectivity index is 2.25. The molecular formula is C16H14O2. The molecule has 0 heterocycles. The topological polar surface area (TPSA) is 26.3 Å². The molecule has 0 fully saturated rings. The first-order chi connectivity index (χ1) is 8.75. The van der Waals surface area contributed by atoms with E-state index in [1.54, 1.807) is 6.08 Å². The fourth-order valence-corrected chi connectivity index (χ4v) is 1.52. The maximum atomic E-state index is 11.6. The zero-order valence-corrected chi connectivity index (χ0v) is 10.2. The van der Waals surface area contributed by atoms with Gasteiger partial charge in [0.25, 0.3) is 0 Å². The molecule has 2 aromatic carbocycles. The SMILES string of the molecule is CC(=O)C(=Cc1ccccc1)Oc1ccccc1. The molecule has 90 valence electrons. The van der Waals surface area contributed by atoms with Crippen LogP contribution in [0.25, 0.3) is 6.08 Å². The Kier molecular flexibility index (Phi) is 3.92. The molecule has 0 aliphatic rings. The van der Waals surface area contributed by atoms with E-state index in [1.807, 2.05) is 60.7 Å². The Morgan fingerprint density at radius 3 is 2.06 bits per heavy atom. The summed E-state index contributed by atoms with van der Waals surface area (Å²) in [6.45, 7) is 1.50. The van der Waals surface area contributed by atoms with Gasteiger partial charge in [-0.25, -0.2) is 0 Å². The Morgan fingerprint density at radius 2 is 1.50 bits per heavy atom. The molecule has 2 nitrogen and oxygen atoms in total. The number of rotatable bonds is 4. The fourth-order valence-electron chi connectivity index (χ4n) is 1.52. The average Bonchev–Trinajstić information content (AvgIpc) is 2.40. The number of benzene rings is 2. The molecule has 0 amide bonds. The van der Waals surface area contributed by atoms with Gasteiger partial charge in [-0.05, 0) is 23.8 Å². The van der Waals surface area contributed by atoms with Crippen molar-refractivity contribution in [1.82, 2.24) is 0 Å². The van der Waals surface area contributed by atoms with Gasteiger partial charge < -0.3 is 4.74 Å². The van der Waals surface area contributed by atoms with Crippen LogP contribution in [0.15, 0.2) is 66.4 Å². The maximum absolute atomic E-state index is 11.6. The monoisotopic (exact) mass is 238 g/mol. The van der Waals surface area contributed by atoms with Crippen LogP contribution in [0, 0.1) is 0 Å². The molecule has 0 saturated heterocycles. The number of para-hydroxylation sites is 1. The van der Waals surface area contributed by atoms with Crippen LogP contribution in [0.2, 0.25) is 0 Å².